The fourth-order valence-electron chi connectivity index (χ4n) is 1.72. The van der Waals surface area contributed by atoms with Crippen molar-refractivity contribution in [2.24, 2.45) is 0 Å². The zero-order valence-electron chi connectivity index (χ0n) is 7.12. The van der Waals surface area contributed by atoms with Gasteiger partial charge in [-0.3, -0.25) is 4.79 Å². The van der Waals surface area contributed by atoms with Gasteiger partial charge in [-0.1, -0.05) is 12.2 Å². The molecule has 2 rings (SSSR count). The van der Waals surface area contributed by atoms with Crippen molar-refractivity contribution in [1.82, 2.24) is 4.90 Å². The van der Waals surface area contributed by atoms with Crippen molar-refractivity contribution < 1.29 is 4.79 Å². The number of carbonyl (C=O) groups excluding carboxylic acids is 1. The SMILES string of the molecule is O=C1CCCN1C1=CCCC=C1. The molecule has 0 bridgehead atoms. The second kappa shape index (κ2) is 3.13. The number of likely N-dealkylation sites (tertiary alicyclic amines) is 1. The fourth-order valence-corrected chi connectivity index (χ4v) is 1.72. The van der Waals surface area contributed by atoms with Gasteiger partial charge in [0.05, 0.1) is 0 Å². The summed E-state index contributed by atoms with van der Waals surface area (Å²) in [6, 6.07) is 0. The van der Waals surface area contributed by atoms with Crippen molar-refractivity contribution in [3.63, 3.8) is 0 Å². The lowest BCUT2D eigenvalue weighted by Crippen LogP contribution is -2.23. The summed E-state index contributed by atoms with van der Waals surface area (Å²) in [5.41, 5.74) is 1.11. The number of allylic oxidation sites excluding steroid dienone is 3. The third kappa shape index (κ3) is 1.29. The first kappa shape index (κ1) is 7.59. The number of rotatable bonds is 1. The topological polar surface area (TPSA) is 20.3 Å². The number of nitrogens with zero attached hydrogens (tertiary/aromatic N) is 1. The number of hydrogen-bond acceptors (Lipinski definition) is 1. The number of carbonyl (C=O) groups is 1. The van der Waals surface area contributed by atoms with Gasteiger partial charge in [-0.25, -0.2) is 0 Å². The molecule has 0 atom stereocenters. The molecule has 2 nitrogen and oxygen atoms in total. The summed E-state index contributed by atoms with van der Waals surface area (Å²) in [5.74, 6) is 0.285. The molecule has 2 aliphatic rings. The average Bonchev–Trinajstić information content (AvgIpc) is 2.53. The summed E-state index contributed by atoms with van der Waals surface area (Å²) in [4.78, 5) is 13.2. The molecule has 1 aliphatic heterocycles. The van der Waals surface area contributed by atoms with Crippen LogP contribution in [0.15, 0.2) is 23.9 Å². The van der Waals surface area contributed by atoms with Crippen molar-refractivity contribution in [1.29, 1.82) is 0 Å². The minimum Gasteiger partial charge on any atom is -0.313 e. The van der Waals surface area contributed by atoms with Gasteiger partial charge in [0.2, 0.25) is 5.91 Å². The van der Waals surface area contributed by atoms with Gasteiger partial charge in [0.25, 0.3) is 0 Å². The van der Waals surface area contributed by atoms with E-state index in [9.17, 15) is 4.79 Å². The standard InChI is InChI=1S/C10H13NO/c12-10-7-4-8-11(10)9-5-2-1-3-6-9/h2,5-6H,1,3-4,7-8H2. The molecule has 1 aliphatic carbocycles. The lowest BCUT2D eigenvalue weighted by atomic mass is 10.1. The maximum absolute atomic E-state index is 11.3. The van der Waals surface area contributed by atoms with E-state index in [2.05, 4.69) is 18.2 Å². The molecular weight excluding hydrogens is 150 g/mol. The maximum Gasteiger partial charge on any atom is 0.227 e. The van der Waals surface area contributed by atoms with E-state index >= 15 is 0 Å². The van der Waals surface area contributed by atoms with Gasteiger partial charge < -0.3 is 4.90 Å². The Morgan fingerprint density at radius 1 is 1.33 bits per heavy atom. The molecule has 1 heterocycles. The average molecular weight is 163 g/mol. The molecule has 1 amide bonds. The summed E-state index contributed by atoms with van der Waals surface area (Å²) in [6.07, 6.45) is 10.3. The van der Waals surface area contributed by atoms with Crippen LogP contribution in [0.25, 0.3) is 0 Å². The highest BCUT2D eigenvalue weighted by Crippen LogP contribution is 2.20. The Morgan fingerprint density at radius 3 is 2.83 bits per heavy atom. The van der Waals surface area contributed by atoms with Gasteiger partial charge in [-0.2, -0.15) is 0 Å². The van der Waals surface area contributed by atoms with Gasteiger partial charge in [0.15, 0.2) is 0 Å². The molecule has 64 valence electrons. The van der Waals surface area contributed by atoms with Crippen LogP contribution >= 0.6 is 0 Å². The predicted octanol–water partition coefficient (Wildman–Crippen LogP) is 1.84. The van der Waals surface area contributed by atoms with Crippen LogP contribution in [-0.2, 0) is 4.79 Å². The van der Waals surface area contributed by atoms with Gasteiger partial charge in [-0.05, 0) is 25.3 Å². The van der Waals surface area contributed by atoms with Crippen LogP contribution in [0, 0.1) is 0 Å². The third-order valence-electron chi connectivity index (χ3n) is 2.36. The van der Waals surface area contributed by atoms with Gasteiger partial charge in [0, 0.05) is 18.7 Å². The molecular formula is C10H13NO. The van der Waals surface area contributed by atoms with E-state index in [1.807, 2.05) is 4.90 Å². The smallest absolute Gasteiger partial charge is 0.227 e. The Kier molecular flexibility index (Phi) is 1.98. The molecule has 0 spiro atoms. The molecule has 0 aromatic rings. The van der Waals surface area contributed by atoms with Crippen LogP contribution in [0.2, 0.25) is 0 Å². The van der Waals surface area contributed by atoms with Crippen molar-refractivity contribution in [2.75, 3.05) is 6.54 Å². The second-order valence-corrected chi connectivity index (χ2v) is 3.26. The highest BCUT2D eigenvalue weighted by Gasteiger charge is 2.22. The zero-order chi connectivity index (χ0) is 8.39. The lowest BCUT2D eigenvalue weighted by molar-refractivity contribution is -0.125. The predicted molar refractivity (Wildman–Crippen MR) is 47.4 cm³/mol. The molecule has 1 saturated heterocycles. The van der Waals surface area contributed by atoms with E-state index in [0.29, 0.717) is 0 Å². The van der Waals surface area contributed by atoms with Gasteiger partial charge in [-0.15, -0.1) is 0 Å². The van der Waals surface area contributed by atoms with E-state index in [0.717, 1.165) is 37.9 Å². The summed E-state index contributed by atoms with van der Waals surface area (Å²) in [5, 5.41) is 0. The maximum atomic E-state index is 11.3. The second-order valence-electron chi connectivity index (χ2n) is 3.26. The number of amides is 1. The molecule has 0 N–H and O–H groups in total. The van der Waals surface area contributed by atoms with Crippen molar-refractivity contribution in [2.45, 2.75) is 25.7 Å². The van der Waals surface area contributed by atoms with Crippen LogP contribution in [0.4, 0.5) is 0 Å². The Balaban J connectivity index is 2.13. The molecule has 12 heavy (non-hydrogen) atoms. The van der Waals surface area contributed by atoms with Gasteiger partial charge >= 0.3 is 0 Å². The third-order valence-corrected chi connectivity index (χ3v) is 2.36. The van der Waals surface area contributed by atoms with E-state index in [-0.39, 0.29) is 5.91 Å². The summed E-state index contributed by atoms with van der Waals surface area (Å²) >= 11 is 0. The highest BCUT2D eigenvalue weighted by atomic mass is 16.2. The minimum absolute atomic E-state index is 0.285. The normalized spacial score (nSPS) is 23.2. The number of hydrogen-bond donors (Lipinski definition) is 0. The van der Waals surface area contributed by atoms with Crippen LogP contribution in [0.1, 0.15) is 25.7 Å². The van der Waals surface area contributed by atoms with E-state index in [1.165, 1.54) is 0 Å². The first-order chi connectivity index (χ1) is 5.88. The molecule has 0 radical (unpaired) electrons. The van der Waals surface area contributed by atoms with E-state index < -0.39 is 0 Å². The minimum atomic E-state index is 0.285. The monoisotopic (exact) mass is 163 g/mol. The molecule has 0 aromatic carbocycles. The molecule has 1 fully saturated rings. The summed E-state index contributed by atoms with van der Waals surface area (Å²) in [7, 11) is 0. The highest BCUT2D eigenvalue weighted by molar-refractivity contribution is 5.80. The first-order valence-electron chi connectivity index (χ1n) is 4.55. The van der Waals surface area contributed by atoms with Crippen LogP contribution < -0.4 is 0 Å². The summed E-state index contributed by atoms with van der Waals surface area (Å²) in [6.45, 7) is 0.912. The van der Waals surface area contributed by atoms with Crippen LogP contribution in [-0.4, -0.2) is 17.4 Å². The Bertz CT molecular complexity index is 253. The molecule has 0 saturated carbocycles. The van der Waals surface area contributed by atoms with Crippen molar-refractivity contribution in [3.05, 3.63) is 23.9 Å². The van der Waals surface area contributed by atoms with Crippen LogP contribution in [0.3, 0.4) is 0 Å². The van der Waals surface area contributed by atoms with Gasteiger partial charge in [0.1, 0.15) is 0 Å². The molecule has 2 heteroatoms. The van der Waals surface area contributed by atoms with Crippen molar-refractivity contribution in [3.8, 4) is 0 Å². The Labute approximate surface area is 72.6 Å². The first-order valence-corrected chi connectivity index (χ1v) is 4.55. The van der Waals surface area contributed by atoms with E-state index in [4.69, 9.17) is 0 Å². The lowest BCUT2D eigenvalue weighted by Gasteiger charge is -2.18. The Morgan fingerprint density at radius 2 is 2.25 bits per heavy atom. The molecule has 0 unspecified atom stereocenters. The van der Waals surface area contributed by atoms with E-state index in [1.54, 1.807) is 0 Å². The summed E-state index contributed by atoms with van der Waals surface area (Å²) < 4.78 is 0. The zero-order valence-corrected chi connectivity index (χ0v) is 7.12. The van der Waals surface area contributed by atoms with Crippen LogP contribution in [0.5, 0.6) is 0 Å². The molecule has 0 aromatic heterocycles. The van der Waals surface area contributed by atoms with Crippen molar-refractivity contribution >= 4 is 5.91 Å². The quantitative estimate of drug-likeness (QED) is 0.577. The fraction of sp³-hybridized carbons (Fsp3) is 0.500. The largest absolute Gasteiger partial charge is 0.313 e. The Hall–Kier alpha value is -1.05.